The van der Waals surface area contributed by atoms with Crippen molar-refractivity contribution in [2.24, 2.45) is 0 Å². The van der Waals surface area contributed by atoms with Crippen molar-refractivity contribution >= 4 is 28.8 Å². The number of nitrogens with zero attached hydrogens (tertiary/aromatic N) is 2. The normalized spacial score (nSPS) is 10.4. The summed E-state index contributed by atoms with van der Waals surface area (Å²) >= 11 is 1.30. The number of hydrogen-bond acceptors (Lipinski definition) is 4. The first kappa shape index (κ1) is 12.4. The molecule has 0 aromatic carbocycles. The van der Waals surface area contributed by atoms with E-state index in [9.17, 15) is 9.59 Å². The number of rotatable bonds is 2. The largest absolute Gasteiger partial charge is 0.306 e. The average Bonchev–Trinajstić information content (AvgIpc) is 3.12. The zero-order valence-electron chi connectivity index (χ0n) is 10.2. The Labute approximate surface area is 118 Å². The first-order chi connectivity index (χ1) is 9.74. The van der Waals surface area contributed by atoms with E-state index in [1.165, 1.54) is 11.3 Å². The maximum Gasteiger partial charge on any atom is 0.289 e. The van der Waals surface area contributed by atoms with Crippen molar-refractivity contribution in [3.8, 4) is 0 Å². The van der Waals surface area contributed by atoms with Gasteiger partial charge in [-0.3, -0.25) is 20.4 Å². The first-order valence-corrected chi connectivity index (χ1v) is 6.70. The van der Waals surface area contributed by atoms with Crippen LogP contribution in [0.5, 0.6) is 0 Å². The van der Waals surface area contributed by atoms with E-state index < -0.39 is 5.91 Å². The summed E-state index contributed by atoms with van der Waals surface area (Å²) in [4.78, 5) is 28.2. The molecule has 0 aliphatic rings. The summed E-state index contributed by atoms with van der Waals surface area (Å²) in [6, 6.07) is 8.92. The fourth-order valence-corrected chi connectivity index (χ4v) is 2.31. The number of imidazole rings is 1. The molecule has 3 rings (SSSR count). The summed E-state index contributed by atoms with van der Waals surface area (Å²) < 4.78 is 1.73. The Morgan fingerprint density at radius 2 is 1.95 bits per heavy atom. The second-order valence-corrected chi connectivity index (χ2v) is 4.93. The Hall–Kier alpha value is -2.67. The Balaban J connectivity index is 1.68. The molecule has 2 amide bonds. The van der Waals surface area contributed by atoms with E-state index >= 15 is 0 Å². The van der Waals surface area contributed by atoms with Gasteiger partial charge in [0, 0.05) is 12.4 Å². The molecule has 0 aliphatic carbocycles. The number of fused-ring (bicyclic) bond motifs is 1. The molecule has 6 nitrogen and oxygen atoms in total. The van der Waals surface area contributed by atoms with E-state index in [1.54, 1.807) is 40.4 Å². The van der Waals surface area contributed by atoms with Crippen LogP contribution in [0, 0.1) is 0 Å². The molecular formula is C13H10N4O2S. The second-order valence-electron chi connectivity index (χ2n) is 3.98. The van der Waals surface area contributed by atoms with Gasteiger partial charge in [0.1, 0.15) is 11.3 Å². The van der Waals surface area contributed by atoms with Gasteiger partial charge < -0.3 is 4.40 Å². The Kier molecular flexibility index (Phi) is 3.18. The molecule has 0 bridgehead atoms. The zero-order chi connectivity index (χ0) is 13.9. The van der Waals surface area contributed by atoms with Gasteiger partial charge in [-0.1, -0.05) is 12.1 Å². The van der Waals surface area contributed by atoms with Crippen LogP contribution < -0.4 is 10.9 Å². The number of hydrogen-bond donors (Lipinski definition) is 2. The molecule has 0 aliphatic heterocycles. The standard InChI is InChI=1S/C13H10N4O2S/c18-12(15-16-13(19)10-4-3-7-20-10)9-8-17-6-2-1-5-11(17)14-9/h1-8H,(H,15,18)(H,16,19). The van der Waals surface area contributed by atoms with Gasteiger partial charge in [-0.25, -0.2) is 4.98 Å². The van der Waals surface area contributed by atoms with Gasteiger partial charge >= 0.3 is 0 Å². The summed E-state index contributed by atoms with van der Waals surface area (Å²) in [5.74, 6) is -0.810. The first-order valence-electron chi connectivity index (χ1n) is 5.82. The van der Waals surface area contributed by atoms with Gasteiger partial charge in [-0.05, 0) is 23.6 Å². The topological polar surface area (TPSA) is 75.5 Å². The number of carbonyl (C=O) groups is 2. The zero-order valence-corrected chi connectivity index (χ0v) is 11.1. The summed E-state index contributed by atoms with van der Waals surface area (Å²) in [6.45, 7) is 0. The molecule has 3 aromatic rings. The molecule has 0 unspecified atom stereocenters. The predicted molar refractivity (Wildman–Crippen MR) is 74.4 cm³/mol. The van der Waals surface area contributed by atoms with Crippen LogP contribution >= 0.6 is 11.3 Å². The molecule has 3 aromatic heterocycles. The lowest BCUT2D eigenvalue weighted by Gasteiger charge is -2.03. The van der Waals surface area contributed by atoms with Crippen LogP contribution in [0.4, 0.5) is 0 Å². The molecule has 0 atom stereocenters. The van der Waals surface area contributed by atoms with Gasteiger partial charge in [-0.15, -0.1) is 11.3 Å². The molecule has 0 radical (unpaired) electrons. The summed E-state index contributed by atoms with van der Waals surface area (Å²) in [5, 5.41) is 1.79. The maximum absolute atomic E-state index is 11.9. The lowest BCUT2D eigenvalue weighted by Crippen LogP contribution is -2.41. The fraction of sp³-hybridized carbons (Fsp3) is 0. The van der Waals surface area contributed by atoms with E-state index in [0.717, 1.165) is 0 Å². The fourth-order valence-electron chi connectivity index (χ4n) is 1.69. The highest BCUT2D eigenvalue weighted by Crippen LogP contribution is 2.07. The Morgan fingerprint density at radius 1 is 1.10 bits per heavy atom. The van der Waals surface area contributed by atoms with Crippen LogP contribution in [0.2, 0.25) is 0 Å². The smallest absolute Gasteiger partial charge is 0.289 e. The van der Waals surface area contributed by atoms with Crippen molar-refractivity contribution in [3.63, 3.8) is 0 Å². The average molecular weight is 286 g/mol. The molecule has 100 valence electrons. The van der Waals surface area contributed by atoms with Crippen LogP contribution in [0.1, 0.15) is 20.2 Å². The number of carbonyl (C=O) groups excluding carboxylic acids is 2. The van der Waals surface area contributed by atoms with Crippen LogP contribution in [-0.2, 0) is 0 Å². The van der Waals surface area contributed by atoms with Gasteiger partial charge in [0.05, 0.1) is 4.88 Å². The summed E-state index contributed by atoms with van der Waals surface area (Å²) in [6.07, 6.45) is 3.39. The number of amides is 2. The highest BCUT2D eigenvalue weighted by Gasteiger charge is 2.12. The van der Waals surface area contributed by atoms with E-state index in [4.69, 9.17) is 0 Å². The van der Waals surface area contributed by atoms with Gasteiger partial charge in [0.15, 0.2) is 0 Å². The maximum atomic E-state index is 11.9. The van der Waals surface area contributed by atoms with Crippen molar-refractivity contribution in [3.05, 3.63) is 58.7 Å². The molecule has 0 saturated heterocycles. The van der Waals surface area contributed by atoms with Crippen molar-refractivity contribution in [1.29, 1.82) is 0 Å². The minimum atomic E-state index is -0.460. The molecule has 3 heterocycles. The van der Waals surface area contributed by atoms with Gasteiger partial charge in [0.25, 0.3) is 11.8 Å². The molecule has 2 N–H and O–H groups in total. The lowest BCUT2D eigenvalue weighted by atomic mass is 10.4. The number of pyridine rings is 1. The summed E-state index contributed by atoms with van der Waals surface area (Å²) in [5.41, 5.74) is 5.60. The number of hydrazine groups is 1. The van der Waals surface area contributed by atoms with Crippen LogP contribution in [0.25, 0.3) is 5.65 Å². The SMILES string of the molecule is O=C(NNC(=O)c1cccs1)c1cn2ccccc2n1. The summed E-state index contributed by atoms with van der Waals surface area (Å²) in [7, 11) is 0. The van der Waals surface area contributed by atoms with E-state index in [2.05, 4.69) is 15.8 Å². The highest BCUT2D eigenvalue weighted by molar-refractivity contribution is 7.12. The number of aromatic nitrogens is 2. The third-order valence-electron chi connectivity index (χ3n) is 2.63. The van der Waals surface area contributed by atoms with Gasteiger partial charge in [-0.2, -0.15) is 0 Å². The Morgan fingerprint density at radius 3 is 2.70 bits per heavy atom. The molecule has 0 saturated carbocycles. The van der Waals surface area contributed by atoms with Crippen molar-refractivity contribution in [2.45, 2.75) is 0 Å². The quantitative estimate of drug-likeness (QED) is 0.700. The molecular weight excluding hydrogens is 276 g/mol. The third-order valence-corrected chi connectivity index (χ3v) is 3.50. The van der Waals surface area contributed by atoms with E-state index in [0.29, 0.717) is 10.5 Å². The predicted octanol–water partition coefficient (Wildman–Crippen LogP) is 1.47. The van der Waals surface area contributed by atoms with Crippen molar-refractivity contribution in [2.75, 3.05) is 0 Å². The van der Waals surface area contributed by atoms with Crippen LogP contribution in [0.15, 0.2) is 48.1 Å². The molecule has 20 heavy (non-hydrogen) atoms. The highest BCUT2D eigenvalue weighted by atomic mass is 32.1. The second kappa shape index (κ2) is 5.14. The van der Waals surface area contributed by atoms with E-state index in [1.807, 2.05) is 12.1 Å². The third kappa shape index (κ3) is 2.39. The Bertz CT molecular complexity index is 731. The minimum Gasteiger partial charge on any atom is -0.306 e. The molecule has 7 heteroatoms. The monoisotopic (exact) mass is 286 g/mol. The van der Waals surface area contributed by atoms with Crippen LogP contribution in [-0.4, -0.2) is 21.2 Å². The number of thiophene rings is 1. The van der Waals surface area contributed by atoms with Crippen molar-refractivity contribution in [1.82, 2.24) is 20.2 Å². The van der Waals surface area contributed by atoms with E-state index in [-0.39, 0.29) is 11.6 Å². The van der Waals surface area contributed by atoms with Gasteiger partial charge in [0.2, 0.25) is 0 Å². The van der Waals surface area contributed by atoms with Crippen molar-refractivity contribution < 1.29 is 9.59 Å². The minimum absolute atomic E-state index is 0.239. The number of nitrogens with one attached hydrogen (secondary N) is 2. The molecule has 0 fully saturated rings. The molecule has 0 spiro atoms. The lowest BCUT2D eigenvalue weighted by molar-refractivity contribution is 0.0846. The van der Waals surface area contributed by atoms with Crippen LogP contribution in [0.3, 0.4) is 0 Å².